The molecule has 0 N–H and O–H groups in total. The van der Waals surface area contributed by atoms with Gasteiger partial charge in [0, 0.05) is 12.7 Å². The van der Waals surface area contributed by atoms with Crippen LogP contribution in [0.4, 0.5) is 0 Å². The van der Waals surface area contributed by atoms with E-state index < -0.39 is 0 Å². The van der Waals surface area contributed by atoms with E-state index in [9.17, 15) is 9.59 Å². The van der Waals surface area contributed by atoms with Gasteiger partial charge in [-0.2, -0.15) is 0 Å². The Hall–Kier alpha value is -2.08. The normalized spacial score (nSPS) is 16.8. The summed E-state index contributed by atoms with van der Waals surface area (Å²) in [6.07, 6.45) is 1.43. The van der Waals surface area contributed by atoms with E-state index in [1.54, 1.807) is 7.11 Å². The van der Waals surface area contributed by atoms with Gasteiger partial charge in [0.1, 0.15) is 12.4 Å². The number of aryl methyl sites for hydroxylation is 1. The highest BCUT2D eigenvalue weighted by Gasteiger charge is 2.33. The van der Waals surface area contributed by atoms with Crippen LogP contribution in [-0.2, 0) is 36.6 Å². The third-order valence-electron chi connectivity index (χ3n) is 4.16. The summed E-state index contributed by atoms with van der Waals surface area (Å²) in [6, 6.07) is 3.79. The molecule has 6 nitrogen and oxygen atoms in total. The van der Waals surface area contributed by atoms with E-state index in [2.05, 4.69) is 0 Å². The molecule has 1 atom stereocenters. The van der Waals surface area contributed by atoms with Gasteiger partial charge in [-0.25, -0.2) is 0 Å². The van der Waals surface area contributed by atoms with Crippen molar-refractivity contribution < 1.29 is 28.5 Å². The van der Waals surface area contributed by atoms with Gasteiger partial charge >= 0.3 is 11.9 Å². The molecule has 0 bridgehead atoms. The van der Waals surface area contributed by atoms with Gasteiger partial charge in [-0.1, -0.05) is 13.0 Å². The van der Waals surface area contributed by atoms with Crippen molar-refractivity contribution in [2.75, 3.05) is 34.0 Å². The van der Waals surface area contributed by atoms with E-state index in [0.717, 1.165) is 17.5 Å². The van der Waals surface area contributed by atoms with Crippen LogP contribution in [0.5, 0.6) is 5.75 Å². The quantitative estimate of drug-likeness (QED) is 0.534. The molecule has 0 aromatic heterocycles. The fourth-order valence-corrected chi connectivity index (χ4v) is 2.96. The van der Waals surface area contributed by atoms with Crippen LogP contribution in [0, 0.1) is 0 Å². The molecule has 1 aromatic rings. The predicted molar refractivity (Wildman–Crippen MR) is 87.2 cm³/mol. The summed E-state index contributed by atoms with van der Waals surface area (Å²) in [7, 11) is 2.94. The van der Waals surface area contributed by atoms with E-state index in [4.69, 9.17) is 18.9 Å². The Balaban J connectivity index is 2.47. The molecule has 2 rings (SSSR count). The van der Waals surface area contributed by atoms with E-state index in [-0.39, 0.29) is 24.3 Å². The van der Waals surface area contributed by atoms with E-state index in [0.29, 0.717) is 37.6 Å². The lowest BCUT2D eigenvalue weighted by molar-refractivity contribution is -0.140. The summed E-state index contributed by atoms with van der Waals surface area (Å²) in [6.45, 7) is 3.23. The highest BCUT2D eigenvalue weighted by atomic mass is 16.5. The molecule has 1 aromatic carbocycles. The zero-order chi connectivity index (χ0) is 17.5. The Morgan fingerprint density at radius 1 is 1.29 bits per heavy atom. The number of cyclic esters (lactones) is 1. The maximum Gasteiger partial charge on any atom is 0.313 e. The number of carbonyl (C=O) groups excluding carboxylic acids is 2. The monoisotopic (exact) mass is 336 g/mol. The van der Waals surface area contributed by atoms with Crippen molar-refractivity contribution in [3.63, 3.8) is 0 Å². The zero-order valence-electron chi connectivity index (χ0n) is 14.4. The molecule has 0 radical (unpaired) electrons. The molecule has 0 spiro atoms. The average molecular weight is 336 g/mol. The fraction of sp³-hybridized carbons (Fsp3) is 0.556. The average Bonchev–Trinajstić information content (AvgIpc) is 3.01. The molecule has 24 heavy (non-hydrogen) atoms. The number of hydrogen-bond donors (Lipinski definition) is 0. The summed E-state index contributed by atoms with van der Waals surface area (Å²) in [4.78, 5) is 24.0. The van der Waals surface area contributed by atoms with Crippen LogP contribution in [0.25, 0.3) is 0 Å². The molecular formula is C18H24O6. The molecule has 1 aliphatic heterocycles. The van der Waals surface area contributed by atoms with Crippen LogP contribution >= 0.6 is 0 Å². The lowest BCUT2D eigenvalue weighted by atomic mass is 9.86. The van der Waals surface area contributed by atoms with Crippen LogP contribution in [-0.4, -0.2) is 46.0 Å². The molecule has 1 saturated heterocycles. The first kappa shape index (κ1) is 18.3. The van der Waals surface area contributed by atoms with Crippen LogP contribution in [0.3, 0.4) is 0 Å². The Morgan fingerprint density at radius 3 is 2.67 bits per heavy atom. The first-order valence-electron chi connectivity index (χ1n) is 8.12. The van der Waals surface area contributed by atoms with Crippen molar-refractivity contribution >= 4 is 11.9 Å². The highest BCUT2D eigenvalue weighted by Crippen LogP contribution is 2.37. The van der Waals surface area contributed by atoms with E-state index >= 15 is 0 Å². The maximum atomic E-state index is 12.1. The van der Waals surface area contributed by atoms with Crippen LogP contribution < -0.4 is 4.74 Å². The highest BCUT2D eigenvalue weighted by molar-refractivity contribution is 5.83. The van der Waals surface area contributed by atoms with Crippen molar-refractivity contribution in [1.29, 1.82) is 0 Å². The maximum absolute atomic E-state index is 12.1. The molecular weight excluding hydrogens is 312 g/mol. The van der Waals surface area contributed by atoms with E-state index in [1.807, 2.05) is 19.1 Å². The number of ether oxygens (including phenoxy) is 4. The van der Waals surface area contributed by atoms with Gasteiger partial charge in [0.25, 0.3) is 0 Å². The van der Waals surface area contributed by atoms with Gasteiger partial charge in [0.05, 0.1) is 32.7 Å². The zero-order valence-corrected chi connectivity index (χ0v) is 14.4. The summed E-state index contributed by atoms with van der Waals surface area (Å²) < 4.78 is 20.7. The number of esters is 2. The largest absolute Gasteiger partial charge is 0.491 e. The van der Waals surface area contributed by atoms with Gasteiger partial charge in [0.15, 0.2) is 0 Å². The first-order valence-corrected chi connectivity index (χ1v) is 8.12. The number of rotatable bonds is 8. The van der Waals surface area contributed by atoms with Crippen LogP contribution in [0.1, 0.15) is 36.0 Å². The van der Waals surface area contributed by atoms with Crippen molar-refractivity contribution in [3.05, 3.63) is 28.8 Å². The number of benzene rings is 1. The van der Waals surface area contributed by atoms with Gasteiger partial charge in [-0.05, 0) is 30.0 Å². The minimum absolute atomic E-state index is 0.0613. The first-order chi connectivity index (χ1) is 11.6. The third-order valence-corrected chi connectivity index (χ3v) is 4.16. The molecule has 0 amide bonds. The minimum atomic E-state index is -0.368. The standard InChI is InChI=1S/C18H24O6/c1-4-12-5-6-15(23-10-9-21-2)14(11-16(19)22-3)17(12)13-7-8-24-18(13)20/h5-6,13H,4,7-11H2,1-3H3. The lowest BCUT2D eigenvalue weighted by Gasteiger charge is -2.20. The molecule has 1 fully saturated rings. The van der Waals surface area contributed by atoms with Gasteiger partial charge < -0.3 is 18.9 Å². The predicted octanol–water partition coefficient (Wildman–Crippen LogP) is 2.02. The number of methoxy groups -OCH3 is 2. The number of carbonyl (C=O) groups is 2. The molecule has 0 saturated carbocycles. The van der Waals surface area contributed by atoms with Crippen molar-refractivity contribution in [1.82, 2.24) is 0 Å². The Bertz CT molecular complexity index is 595. The summed E-state index contributed by atoms with van der Waals surface area (Å²) in [5, 5.41) is 0. The van der Waals surface area contributed by atoms with Crippen molar-refractivity contribution in [2.45, 2.75) is 32.1 Å². The fourth-order valence-electron chi connectivity index (χ4n) is 2.96. The Morgan fingerprint density at radius 2 is 2.08 bits per heavy atom. The second-order valence-corrected chi connectivity index (χ2v) is 5.57. The van der Waals surface area contributed by atoms with Gasteiger partial charge in [-0.3, -0.25) is 9.59 Å². The van der Waals surface area contributed by atoms with Crippen molar-refractivity contribution in [2.24, 2.45) is 0 Å². The molecule has 1 heterocycles. The van der Waals surface area contributed by atoms with E-state index in [1.165, 1.54) is 7.11 Å². The topological polar surface area (TPSA) is 71.1 Å². The summed E-state index contributed by atoms with van der Waals surface area (Å²) in [5.74, 6) is -0.382. The smallest absolute Gasteiger partial charge is 0.313 e. The Kier molecular flexibility index (Phi) is 6.61. The van der Waals surface area contributed by atoms with Gasteiger partial charge in [-0.15, -0.1) is 0 Å². The van der Waals surface area contributed by atoms with Gasteiger partial charge in [0.2, 0.25) is 0 Å². The van der Waals surface area contributed by atoms with Crippen LogP contribution in [0.2, 0.25) is 0 Å². The lowest BCUT2D eigenvalue weighted by Crippen LogP contribution is -2.17. The van der Waals surface area contributed by atoms with Crippen molar-refractivity contribution in [3.8, 4) is 5.75 Å². The SMILES string of the molecule is CCc1ccc(OCCOC)c(CC(=O)OC)c1C1CCOC1=O. The molecule has 0 aliphatic carbocycles. The summed E-state index contributed by atoms with van der Waals surface area (Å²) in [5.41, 5.74) is 2.58. The minimum Gasteiger partial charge on any atom is -0.491 e. The molecule has 132 valence electrons. The second-order valence-electron chi connectivity index (χ2n) is 5.57. The van der Waals surface area contributed by atoms with Crippen LogP contribution in [0.15, 0.2) is 12.1 Å². The summed E-state index contributed by atoms with van der Waals surface area (Å²) >= 11 is 0. The molecule has 1 aliphatic rings. The second kappa shape index (κ2) is 8.68. The molecule has 6 heteroatoms. The third kappa shape index (κ3) is 4.06. The Labute approximate surface area is 142 Å². The molecule has 1 unspecified atom stereocenters. The number of hydrogen-bond acceptors (Lipinski definition) is 6.